The molecule has 1 aliphatic rings. The number of halogens is 2. The third kappa shape index (κ3) is 2.94. The molecule has 6 heteroatoms. The number of hydrogen-bond acceptors (Lipinski definition) is 4. The third-order valence-electron chi connectivity index (χ3n) is 3.49. The van der Waals surface area contributed by atoms with Crippen LogP contribution in [0.1, 0.15) is 25.7 Å². The van der Waals surface area contributed by atoms with E-state index in [-0.39, 0.29) is 24.3 Å². The summed E-state index contributed by atoms with van der Waals surface area (Å²) < 4.78 is 27.4. The van der Waals surface area contributed by atoms with Crippen LogP contribution in [0.25, 0.3) is 0 Å². The van der Waals surface area contributed by atoms with E-state index >= 15 is 0 Å². The van der Waals surface area contributed by atoms with Gasteiger partial charge in [-0.3, -0.25) is 0 Å². The van der Waals surface area contributed by atoms with Crippen LogP contribution in [0.5, 0.6) is 0 Å². The van der Waals surface area contributed by atoms with Crippen LogP contribution in [-0.4, -0.2) is 36.3 Å². The molecule has 1 aromatic heterocycles. The molecule has 4 nitrogen and oxygen atoms in total. The minimum absolute atomic E-state index is 0.0460. The topological polar surface area (TPSA) is 48.4 Å². The molecule has 0 aliphatic heterocycles. The second kappa shape index (κ2) is 6.14. The Balaban J connectivity index is 2.28. The van der Waals surface area contributed by atoms with Crippen molar-refractivity contribution in [3.63, 3.8) is 0 Å². The smallest absolute Gasteiger partial charge is 0.168 e. The monoisotopic (exact) mass is 271 g/mol. The van der Waals surface area contributed by atoms with Crippen LogP contribution in [0.15, 0.2) is 6.07 Å². The Hall–Kier alpha value is -1.43. The molecule has 1 heterocycles. The number of nitrogens with zero attached hydrogens (tertiary/aromatic N) is 2. The van der Waals surface area contributed by atoms with E-state index in [0.29, 0.717) is 13.0 Å². The maximum atomic E-state index is 13.9. The molecule has 0 amide bonds. The van der Waals surface area contributed by atoms with Crippen LogP contribution >= 0.6 is 0 Å². The van der Waals surface area contributed by atoms with E-state index in [4.69, 9.17) is 5.11 Å². The number of aromatic nitrogens is 1. The van der Waals surface area contributed by atoms with Crippen LogP contribution in [0, 0.1) is 11.6 Å². The van der Waals surface area contributed by atoms with Crippen molar-refractivity contribution in [2.75, 3.05) is 30.4 Å². The van der Waals surface area contributed by atoms with Crippen molar-refractivity contribution < 1.29 is 13.9 Å². The predicted molar refractivity (Wildman–Crippen MR) is 70.4 cm³/mol. The molecule has 0 spiro atoms. The fourth-order valence-corrected chi connectivity index (χ4v) is 2.23. The predicted octanol–water partition coefficient (Wildman–Crippen LogP) is 2.14. The minimum Gasteiger partial charge on any atom is -0.396 e. The molecule has 0 radical (unpaired) electrons. The highest BCUT2D eigenvalue weighted by Crippen LogP contribution is 2.31. The highest BCUT2D eigenvalue weighted by molar-refractivity contribution is 5.50. The molecule has 1 fully saturated rings. The SMILES string of the molecule is CNc1nc(N(CCCO)C2CCC2)c(F)cc1F. The van der Waals surface area contributed by atoms with Crippen molar-refractivity contribution in [2.24, 2.45) is 0 Å². The molecule has 2 N–H and O–H groups in total. The zero-order valence-electron chi connectivity index (χ0n) is 11.0. The number of pyridine rings is 1. The zero-order chi connectivity index (χ0) is 13.8. The second-order valence-corrected chi connectivity index (χ2v) is 4.73. The van der Waals surface area contributed by atoms with Gasteiger partial charge < -0.3 is 15.3 Å². The van der Waals surface area contributed by atoms with E-state index in [1.807, 2.05) is 4.90 Å². The first-order chi connectivity index (χ1) is 9.17. The van der Waals surface area contributed by atoms with Gasteiger partial charge >= 0.3 is 0 Å². The number of aliphatic hydroxyl groups is 1. The maximum Gasteiger partial charge on any atom is 0.168 e. The first-order valence-electron chi connectivity index (χ1n) is 6.58. The van der Waals surface area contributed by atoms with E-state index in [0.717, 1.165) is 25.3 Å². The lowest BCUT2D eigenvalue weighted by molar-refractivity contribution is 0.282. The van der Waals surface area contributed by atoms with Gasteiger partial charge in [0, 0.05) is 32.3 Å². The number of aliphatic hydroxyl groups excluding tert-OH is 1. The van der Waals surface area contributed by atoms with Gasteiger partial charge in [0.05, 0.1) is 0 Å². The van der Waals surface area contributed by atoms with Crippen molar-refractivity contribution in [3.8, 4) is 0 Å². The summed E-state index contributed by atoms with van der Waals surface area (Å²) in [5, 5.41) is 11.6. The number of hydrogen-bond donors (Lipinski definition) is 2. The number of nitrogens with one attached hydrogen (secondary N) is 1. The molecule has 0 atom stereocenters. The van der Waals surface area contributed by atoms with Crippen LogP contribution in [0.3, 0.4) is 0 Å². The lowest BCUT2D eigenvalue weighted by atomic mass is 9.91. The van der Waals surface area contributed by atoms with Gasteiger partial charge in [0.1, 0.15) is 0 Å². The van der Waals surface area contributed by atoms with Crippen molar-refractivity contribution in [1.29, 1.82) is 0 Å². The molecule has 1 aromatic rings. The first kappa shape index (κ1) is 14.0. The second-order valence-electron chi connectivity index (χ2n) is 4.73. The largest absolute Gasteiger partial charge is 0.396 e. The lowest BCUT2D eigenvalue weighted by Crippen LogP contribution is -2.42. The van der Waals surface area contributed by atoms with Crippen molar-refractivity contribution in [3.05, 3.63) is 17.7 Å². The Bertz CT molecular complexity index is 438. The Morgan fingerprint density at radius 1 is 1.42 bits per heavy atom. The number of rotatable bonds is 6. The van der Waals surface area contributed by atoms with Crippen LogP contribution in [-0.2, 0) is 0 Å². The van der Waals surface area contributed by atoms with Gasteiger partial charge in [-0.2, -0.15) is 0 Å². The van der Waals surface area contributed by atoms with Gasteiger partial charge in [-0.05, 0) is 25.7 Å². The fraction of sp³-hybridized carbons (Fsp3) is 0.615. The van der Waals surface area contributed by atoms with Gasteiger partial charge in [-0.15, -0.1) is 0 Å². The van der Waals surface area contributed by atoms with E-state index in [1.165, 1.54) is 0 Å². The molecular weight excluding hydrogens is 252 g/mol. The Labute approximate surface area is 111 Å². The Morgan fingerprint density at radius 2 is 2.16 bits per heavy atom. The Morgan fingerprint density at radius 3 is 2.68 bits per heavy atom. The van der Waals surface area contributed by atoms with Crippen molar-refractivity contribution in [1.82, 2.24) is 4.98 Å². The highest BCUT2D eigenvalue weighted by atomic mass is 19.1. The van der Waals surface area contributed by atoms with Crippen LogP contribution < -0.4 is 10.2 Å². The summed E-state index contributed by atoms with van der Waals surface area (Å²) in [4.78, 5) is 5.87. The first-order valence-corrected chi connectivity index (χ1v) is 6.58. The average Bonchev–Trinajstić information content (AvgIpc) is 2.32. The van der Waals surface area contributed by atoms with Crippen molar-refractivity contribution >= 4 is 11.6 Å². The van der Waals surface area contributed by atoms with Crippen molar-refractivity contribution in [2.45, 2.75) is 31.7 Å². The van der Waals surface area contributed by atoms with E-state index in [1.54, 1.807) is 7.05 Å². The average molecular weight is 271 g/mol. The standard InChI is InChI=1S/C13H19F2N3O/c1-16-12-10(14)8-11(15)13(17-12)18(6-3-7-19)9-4-2-5-9/h8-9,19H,2-7H2,1H3,(H,16,17). The quantitative estimate of drug-likeness (QED) is 0.832. The van der Waals surface area contributed by atoms with Crippen LogP contribution in [0.4, 0.5) is 20.4 Å². The van der Waals surface area contributed by atoms with Gasteiger partial charge in [0.25, 0.3) is 0 Å². The molecule has 0 saturated heterocycles. The molecule has 19 heavy (non-hydrogen) atoms. The molecule has 0 aromatic carbocycles. The molecule has 2 rings (SSSR count). The van der Waals surface area contributed by atoms with Gasteiger partial charge in [0.15, 0.2) is 23.3 Å². The summed E-state index contributed by atoms with van der Waals surface area (Å²) in [6.07, 6.45) is 3.63. The lowest BCUT2D eigenvalue weighted by Gasteiger charge is -2.38. The highest BCUT2D eigenvalue weighted by Gasteiger charge is 2.28. The zero-order valence-corrected chi connectivity index (χ0v) is 11.0. The maximum absolute atomic E-state index is 13.9. The minimum atomic E-state index is -0.695. The molecule has 0 bridgehead atoms. The summed E-state index contributed by atoms with van der Waals surface area (Å²) in [6, 6.07) is 1.10. The summed E-state index contributed by atoms with van der Waals surface area (Å²) in [6.45, 7) is 0.574. The normalized spacial score (nSPS) is 15.2. The van der Waals surface area contributed by atoms with Gasteiger partial charge in [-0.25, -0.2) is 13.8 Å². The molecule has 1 aliphatic carbocycles. The molecule has 1 saturated carbocycles. The van der Waals surface area contributed by atoms with Crippen LogP contribution in [0.2, 0.25) is 0 Å². The van der Waals surface area contributed by atoms with E-state index in [2.05, 4.69) is 10.3 Å². The summed E-state index contributed by atoms with van der Waals surface area (Å²) in [5.41, 5.74) is 0. The van der Waals surface area contributed by atoms with E-state index in [9.17, 15) is 8.78 Å². The number of anilines is 2. The van der Waals surface area contributed by atoms with Gasteiger partial charge in [-0.1, -0.05) is 0 Å². The molecule has 0 unspecified atom stereocenters. The van der Waals surface area contributed by atoms with E-state index < -0.39 is 11.6 Å². The third-order valence-corrected chi connectivity index (χ3v) is 3.49. The Kier molecular flexibility index (Phi) is 4.52. The molecular formula is C13H19F2N3O. The summed E-state index contributed by atoms with van der Waals surface area (Å²) in [5.74, 6) is -1.13. The van der Waals surface area contributed by atoms with Gasteiger partial charge in [0.2, 0.25) is 0 Å². The fourth-order valence-electron chi connectivity index (χ4n) is 2.23. The molecule has 106 valence electrons. The summed E-state index contributed by atoms with van der Waals surface area (Å²) >= 11 is 0. The summed E-state index contributed by atoms with van der Waals surface area (Å²) in [7, 11) is 1.55.